The lowest BCUT2D eigenvalue weighted by Crippen LogP contribution is -2.45. The summed E-state index contributed by atoms with van der Waals surface area (Å²) in [5.41, 5.74) is -0.0272. The molecule has 1 N–H and O–H groups in total. The van der Waals surface area contributed by atoms with Crippen molar-refractivity contribution in [1.82, 2.24) is 5.06 Å². The maximum absolute atomic E-state index is 11.4. The Kier molecular flexibility index (Phi) is 5.53. The summed E-state index contributed by atoms with van der Waals surface area (Å²) in [6.45, 7) is 5.20. The molecule has 0 aliphatic rings. The predicted octanol–water partition coefficient (Wildman–Crippen LogP) is 2.52. The first-order valence-electron chi connectivity index (χ1n) is 6.13. The van der Waals surface area contributed by atoms with Crippen molar-refractivity contribution < 1.29 is 19.5 Å². The van der Waals surface area contributed by atoms with Gasteiger partial charge in [-0.05, 0) is 32.4 Å². The zero-order valence-corrected chi connectivity index (χ0v) is 12.4. The highest BCUT2D eigenvalue weighted by molar-refractivity contribution is 6.31. The molecule has 5 nitrogen and oxygen atoms in total. The molecule has 0 aliphatic carbocycles. The van der Waals surface area contributed by atoms with E-state index in [1.165, 1.54) is 0 Å². The normalized spacial score (nSPS) is 12.8. The van der Waals surface area contributed by atoms with E-state index in [-0.39, 0.29) is 6.42 Å². The van der Waals surface area contributed by atoms with Gasteiger partial charge in [-0.25, -0.2) is 9.86 Å². The number of carbonyl (C=O) groups excluding carboxylic acids is 1. The quantitative estimate of drug-likeness (QED) is 0.647. The highest BCUT2D eigenvalue weighted by Crippen LogP contribution is 2.20. The van der Waals surface area contributed by atoms with Crippen LogP contribution in [0, 0.1) is 0 Å². The van der Waals surface area contributed by atoms with E-state index in [4.69, 9.17) is 16.4 Å². The monoisotopic (exact) mass is 299 g/mol. The van der Waals surface area contributed by atoms with Gasteiger partial charge in [0.05, 0.1) is 5.60 Å². The van der Waals surface area contributed by atoms with E-state index in [9.17, 15) is 14.7 Å². The molecule has 1 rings (SSSR count). The van der Waals surface area contributed by atoms with Gasteiger partial charge in [0.2, 0.25) is 6.41 Å². The zero-order valence-electron chi connectivity index (χ0n) is 11.7. The van der Waals surface area contributed by atoms with Gasteiger partial charge < -0.3 is 5.11 Å². The van der Waals surface area contributed by atoms with Crippen LogP contribution in [0.5, 0.6) is 0 Å². The molecule has 0 heterocycles. The molecule has 1 atom stereocenters. The van der Waals surface area contributed by atoms with Crippen LogP contribution < -0.4 is 0 Å². The van der Waals surface area contributed by atoms with Crippen LogP contribution in [0.1, 0.15) is 26.3 Å². The van der Waals surface area contributed by atoms with E-state index in [1.807, 2.05) is 0 Å². The molecular formula is C14H18ClNO4. The molecule has 0 unspecified atom stereocenters. The Morgan fingerprint density at radius 1 is 1.45 bits per heavy atom. The number of carboxylic acids is 1. The van der Waals surface area contributed by atoms with Crippen LogP contribution in [0.4, 0.5) is 0 Å². The fraction of sp³-hybridized carbons (Fsp3) is 0.429. The van der Waals surface area contributed by atoms with Gasteiger partial charge in [-0.3, -0.25) is 9.63 Å². The number of nitrogens with zero attached hydrogens (tertiary/aromatic N) is 1. The van der Waals surface area contributed by atoms with Gasteiger partial charge in [0.15, 0.2) is 6.04 Å². The van der Waals surface area contributed by atoms with Crippen molar-refractivity contribution in [2.45, 2.75) is 38.8 Å². The van der Waals surface area contributed by atoms with Crippen LogP contribution in [-0.4, -0.2) is 34.2 Å². The molecule has 110 valence electrons. The summed E-state index contributed by atoms with van der Waals surface area (Å²) >= 11 is 6.01. The van der Waals surface area contributed by atoms with Crippen LogP contribution in [0.2, 0.25) is 5.02 Å². The van der Waals surface area contributed by atoms with Crippen molar-refractivity contribution in [3.8, 4) is 0 Å². The number of hydroxylamine groups is 2. The smallest absolute Gasteiger partial charge is 0.329 e. The van der Waals surface area contributed by atoms with Crippen LogP contribution >= 0.6 is 11.6 Å². The predicted molar refractivity (Wildman–Crippen MR) is 75.3 cm³/mol. The average molecular weight is 300 g/mol. The molecule has 0 radical (unpaired) electrons. The first-order chi connectivity index (χ1) is 9.24. The highest BCUT2D eigenvalue weighted by Gasteiger charge is 2.30. The molecule has 6 heteroatoms. The number of hydrogen-bond acceptors (Lipinski definition) is 3. The van der Waals surface area contributed by atoms with E-state index >= 15 is 0 Å². The van der Waals surface area contributed by atoms with Crippen molar-refractivity contribution >= 4 is 24.0 Å². The molecule has 0 aromatic heterocycles. The second-order valence-corrected chi connectivity index (χ2v) is 5.73. The van der Waals surface area contributed by atoms with Gasteiger partial charge in [0.25, 0.3) is 0 Å². The molecule has 1 amide bonds. The minimum Gasteiger partial charge on any atom is -0.480 e. The average Bonchev–Trinajstić information content (AvgIpc) is 2.34. The van der Waals surface area contributed by atoms with Crippen molar-refractivity contribution in [2.75, 3.05) is 0 Å². The van der Waals surface area contributed by atoms with Gasteiger partial charge in [0, 0.05) is 11.4 Å². The van der Waals surface area contributed by atoms with Crippen LogP contribution in [-0.2, 0) is 20.8 Å². The summed E-state index contributed by atoms with van der Waals surface area (Å²) in [5, 5.41) is 10.6. The Morgan fingerprint density at radius 2 is 2.05 bits per heavy atom. The minimum absolute atomic E-state index is 0.0732. The first kappa shape index (κ1) is 16.5. The van der Waals surface area contributed by atoms with Gasteiger partial charge in [-0.15, -0.1) is 0 Å². The van der Waals surface area contributed by atoms with E-state index in [0.29, 0.717) is 17.0 Å². The third-order valence-electron chi connectivity index (χ3n) is 2.45. The van der Waals surface area contributed by atoms with E-state index < -0.39 is 17.6 Å². The second-order valence-electron chi connectivity index (χ2n) is 5.32. The number of benzene rings is 1. The van der Waals surface area contributed by atoms with Crippen molar-refractivity contribution in [3.63, 3.8) is 0 Å². The molecule has 20 heavy (non-hydrogen) atoms. The molecule has 0 fully saturated rings. The van der Waals surface area contributed by atoms with Crippen molar-refractivity contribution in [2.24, 2.45) is 0 Å². The topological polar surface area (TPSA) is 66.8 Å². The van der Waals surface area contributed by atoms with Crippen LogP contribution in [0.25, 0.3) is 0 Å². The summed E-state index contributed by atoms with van der Waals surface area (Å²) in [7, 11) is 0. The third kappa shape index (κ3) is 4.83. The molecule has 0 saturated heterocycles. The fourth-order valence-electron chi connectivity index (χ4n) is 1.63. The van der Waals surface area contributed by atoms with E-state index in [1.54, 1.807) is 45.0 Å². The molecule has 1 aromatic rings. The number of carbonyl (C=O) groups is 2. The summed E-state index contributed by atoms with van der Waals surface area (Å²) in [5.74, 6) is -1.15. The van der Waals surface area contributed by atoms with Gasteiger partial charge in [0.1, 0.15) is 0 Å². The number of halogens is 1. The Balaban J connectivity index is 2.96. The van der Waals surface area contributed by atoms with Gasteiger partial charge >= 0.3 is 5.97 Å². The molecule has 0 aliphatic heterocycles. The Hall–Kier alpha value is -1.59. The first-order valence-corrected chi connectivity index (χ1v) is 6.51. The number of amides is 1. The van der Waals surface area contributed by atoms with Crippen molar-refractivity contribution in [3.05, 3.63) is 34.9 Å². The Labute approximate surface area is 123 Å². The molecule has 1 aromatic carbocycles. The largest absolute Gasteiger partial charge is 0.480 e. The maximum atomic E-state index is 11.4. The number of rotatable bonds is 6. The standard InChI is InChI=1S/C14H18ClNO4/c1-14(2,3)20-16(9-17)12(13(18)19)8-10-6-4-5-7-11(10)15/h4-7,9,12H,8H2,1-3H3,(H,18,19)/t12-/m0/s1. The molecule has 0 saturated carbocycles. The summed E-state index contributed by atoms with van der Waals surface area (Å²) in [4.78, 5) is 27.8. The lowest BCUT2D eigenvalue weighted by Gasteiger charge is -2.30. The number of hydrogen-bond donors (Lipinski definition) is 1. The third-order valence-corrected chi connectivity index (χ3v) is 2.82. The van der Waals surface area contributed by atoms with Gasteiger partial charge in [-0.2, -0.15) is 0 Å². The van der Waals surface area contributed by atoms with Crippen LogP contribution in [0.3, 0.4) is 0 Å². The number of carboxylic acid groups (broad SMARTS) is 1. The Bertz CT molecular complexity index is 484. The van der Waals surface area contributed by atoms with Crippen molar-refractivity contribution in [1.29, 1.82) is 0 Å². The lowest BCUT2D eigenvalue weighted by atomic mass is 10.1. The summed E-state index contributed by atoms with van der Waals surface area (Å²) in [6.07, 6.45) is 0.449. The van der Waals surface area contributed by atoms with Gasteiger partial charge in [-0.1, -0.05) is 29.8 Å². The lowest BCUT2D eigenvalue weighted by molar-refractivity contribution is -0.234. The molecule has 0 bridgehead atoms. The summed E-state index contributed by atoms with van der Waals surface area (Å²) < 4.78 is 0. The van der Waals surface area contributed by atoms with E-state index in [2.05, 4.69) is 0 Å². The fourth-order valence-corrected chi connectivity index (χ4v) is 1.85. The second kappa shape index (κ2) is 6.72. The maximum Gasteiger partial charge on any atom is 0.329 e. The Morgan fingerprint density at radius 3 is 2.50 bits per heavy atom. The van der Waals surface area contributed by atoms with E-state index in [0.717, 1.165) is 5.06 Å². The highest BCUT2D eigenvalue weighted by atomic mass is 35.5. The van der Waals surface area contributed by atoms with Crippen LogP contribution in [0.15, 0.2) is 24.3 Å². The summed E-state index contributed by atoms with van der Waals surface area (Å²) in [6, 6.07) is 5.77. The SMILES string of the molecule is CC(C)(C)ON(C=O)[C@@H](Cc1ccccc1Cl)C(=O)O. The number of aliphatic carboxylic acids is 1. The zero-order chi connectivity index (χ0) is 15.3. The molecule has 0 spiro atoms. The molecular weight excluding hydrogens is 282 g/mol. The minimum atomic E-state index is -1.15.